The standard InChI is InChI=1S/C8H12O2/c1-3-6-5(2)7(9)4-8(6)10/h3,5-6,8,10H,1,4H2,2H3/t5-,6-,8-/m1/s1. The Hall–Kier alpha value is -0.630. The van der Waals surface area contributed by atoms with Gasteiger partial charge in [-0.1, -0.05) is 13.0 Å². The van der Waals surface area contributed by atoms with Gasteiger partial charge in [-0.3, -0.25) is 4.79 Å². The lowest BCUT2D eigenvalue weighted by Crippen LogP contribution is -2.14. The van der Waals surface area contributed by atoms with Gasteiger partial charge in [-0.25, -0.2) is 0 Å². The molecule has 1 N–H and O–H groups in total. The summed E-state index contributed by atoms with van der Waals surface area (Å²) in [4.78, 5) is 10.9. The lowest BCUT2D eigenvalue weighted by molar-refractivity contribution is -0.120. The van der Waals surface area contributed by atoms with Crippen LogP contribution < -0.4 is 0 Å². The maximum atomic E-state index is 10.9. The third-order valence-corrected chi connectivity index (χ3v) is 2.21. The molecule has 0 radical (unpaired) electrons. The minimum Gasteiger partial charge on any atom is -0.392 e. The Labute approximate surface area is 60.6 Å². The first-order valence-corrected chi connectivity index (χ1v) is 3.50. The van der Waals surface area contributed by atoms with Crippen molar-refractivity contribution < 1.29 is 9.90 Å². The maximum Gasteiger partial charge on any atom is 0.138 e. The van der Waals surface area contributed by atoms with Gasteiger partial charge in [0.15, 0.2) is 0 Å². The van der Waals surface area contributed by atoms with Crippen LogP contribution in [0.2, 0.25) is 0 Å². The van der Waals surface area contributed by atoms with E-state index in [0.29, 0.717) is 6.42 Å². The molecule has 1 fully saturated rings. The lowest BCUT2D eigenvalue weighted by atomic mass is 9.97. The predicted molar refractivity (Wildman–Crippen MR) is 38.5 cm³/mol. The molecule has 0 unspecified atom stereocenters. The van der Waals surface area contributed by atoms with Gasteiger partial charge < -0.3 is 5.11 Å². The number of aliphatic hydroxyl groups excluding tert-OH is 1. The van der Waals surface area contributed by atoms with Crippen molar-refractivity contribution in [3.8, 4) is 0 Å². The van der Waals surface area contributed by atoms with Gasteiger partial charge in [0.1, 0.15) is 5.78 Å². The highest BCUT2D eigenvalue weighted by molar-refractivity contribution is 5.84. The Balaban J connectivity index is 2.73. The zero-order chi connectivity index (χ0) is 7.72. The van der Waals surface area contributed by atoms with Crippen molar-refractivity contribution in [2.45, 2.75) is 19.4 Å². The first-order chi connectivity index (χ1) is 4.66. The van der Waals surface area contributed by atoms with Crippen molar-refractivity contribution in [2.75, 3.05) is 0 Å². The van der Waals surface area contributed by atoms with Crippen molar-refractivity contribution in [1.82, 2.24) is 0 Å². The molecule has 0 heterocycles. The number of hydrogen-bond acceptors (Lipinski definition) is 2. The number of carbonyl (C=O) groups excluding carboxylic acids is 1. The molecule has 0 spiro atoms. The summed E-state index contributed by atoms with van der Waals surface area (Å²) in [6.45, 7) is 5.40. The van der Waals surface area contributed by atoms with Gasteiger partial charge in [0.25, 0.3) is 0 Å². The minimum absolute atomic E-state index is 0.0208. The first kappa shape index (κ1) is 7.48. The molecule has 0 aromatic rings. The zero-order valence-corrected chi connectivity index (χ0v) is 6.08. The fraction of sp³-hybridized carbons (Fsp3) is 0.625. The molecule has 0 bridgehead atoms. The Bertz CT molecular complexity index is 163. The monoisotopic (exact) mass is 140 g/mol. The van der Waals surface area contributed by atoms with E-state index in [9.17, 15) is 9.90 Å². The minimum atomic E-state index is -0.486. The molecule has 1 rings (SSSR count). The van der Waals surface area contributed by atoms with E-state index in [1.807, 2.05) is 6.92 Å². The summed E-state index contributed by atoms with van der Waals surface area (Å²) in [6.07, 6.45) is 1.48. The van der Waals surface area contributed by atoms with Crippen molar-refractivity contribution in [2.24, 2.45) is 11.8 Å². The van der Waals surface area contributed by atoms with E-state index in [4.69, 9.17) is 0 Å². The third-order valence-electron chi connectivity index (χ3n) is 2.21. The van der Waals surface area contributed by atoms with Gasteiger partial charge in [0.2, 0.25) is 0 Å². The summed E-state index contributed by atoms with van der Waals surface area (Å²) in [5.74, 6) is 0.0948. The quantitative estimate of drug-likeness (QED) is 0.546. The van der Waals surface area contributed by atoms with Crippen LogP contribution in [-0.4, -0.2) is 17.0 Å². The van der Waals surface area contributed by atoms with Crippen molar-refractivity contribution in [3.05, 3.63) is 12.7 Å². The van der Waals surface area contributed by atoms with Crippen molar-refractivity contribution in [1.29, 1.82) is 0 Å². The number of aliphatic hydroxyl groups is 1. The van der Waals surface area contributed by atoms with Crippen LogP contribution >= 0.6 is 0 Å². The van der Waals surface area contributed by atoms with Crippen LogP contribution in [0.4, 0.5) is 0 Å². The SMILES string of the molecule is C=C[C@H]1[C@H](O)CC(=O)[C@@H]1C. The Morgan fingerprint density at radius 2 is 2.40 bits per heavy atom. The Morgan fingerprint density at radius 1 is 1.80 bits per heavy atom. The van der Waals surface area contributed by atoms with E-state index >= 15 is 0 Å². The molecular weight excluding hydrogens is 128 g/mol. The molecule has 2 heteroatoms. The summed E-state index contributed by atoms with van der Waals surface area (Å²) < 4.78 is 0. The largest absolute Gasteiger partial charge is 0.392 e. The summed E-state index contributed by atoms with van der Waals surface area (Å²) in [7, 11) is 0. The van der Waals surface area contributed by atoms with Gasteiger partial charge in [0, 0.05) is 18.3 Å². The second-order valence-electron chi connectivity index (χ2n) is 2.84. The van der Waals surface area contributed by atoms with Gasteiger partial charge in [-0.2, -0.15) is 0 Å². The van der Waals surface area contributed by atoms with Crippen LogP contribution in [0.15, 0.2) is 12.7 Å². The van der Waals surface area contributed by atoms with Crippen LogP contribution in [0.5, 0.6) is 0 Å². The molecule has 0 amide bonds. The van der Waals surface area contributed by atoms with E-state index in [1.54, 1.807) is 6.08 Å². The van der Waals surface area contributed by atoms with Crippen LogP contribution in [0.3, 0.4) is 0 Å². The van der Waals surface area contributed by atoms with Crippen LogP contribution in [0.1, 0.15) is 13.3 Å². The van der Waals surface area contributed by atoms with Gasteiger partial charge in [-0.15, -0.1) is 6.58 Å². The Morgan fingerprint density at radius 3 is 2.60 bits per heavy atom. The summed E-state index contributed by atoms with van der Waals surface area (Å²) in [5, 5.41) is 9.24. The maximum absolute atomic E-state index is 10.9. The second-order valence-corrected chi connectivity index (χ2v) is 2.84. The highest BCUT2D eigenvalue weighted by Gasteiger charge is 2.36. The summed E-state index contributed by atoms with van der Waals surface area (Å²) >= 11 is 0. The molecule has 1 aliphatic rings. The zero-order valence-electron chi connectivity index (χ0n) is 6.08. The van der Waals surface area contributed by atoms with E-state index in [0.717, 1.165) is 0 Å². The highest BCUT2D eigenvalue weighted by atomic mass is 16.3. The number of rotatable bonds is 1. The van der Waals surface area contributed by atoms with Crippen LogP contribution in [0.25, 0.3) is 0 Å². The van der Waals surface area contributed by atoms with Gasteiger partial charge in [-0.05, 0) is 0 Å². The first-order valence-electron chi connectivity index (χ1n) is 3.50. The van der Waals surface area contributed by atoms with Crippen LogP contribution in [-0.2, 0) is 4.79 Å². The second kappa shape index (κ2) is 2.54. The summed E-state index contributed by atoms with van der Waals surface area (Å²) in [5.41, 5.74) is 0. The summed E-state index contributed by atoms with van der Waals surface area (Å²) in [6, 6.07) is 0. The molecule has 10 heavy (non-hydrogen) atoms. The average Bonchev–Trinajstić information content (AvgIpc) is 2.09. The molecule has 2 nitrogen and oxygen atoms in total. The number of ketones is 1. The number of carbonyl (C=O) groups is 1. The average molecular weight is 140 g/mol. The van der Waals surface area contributed by atoms with Crippen molar-refractivity contribution in [3.63, 3.8) is 0 Å². The van der Waals surface area contributed by atoms with E-state index < -0.39 is 6.10 Å². The fourth-order valence-corrected chi connectivity index (χ4v) is 1.44. The smallest absolute Gasteiger partial charge is 0.138 e. The van der Waals surface area contributed by atoms with Gasteiger partial charge >= 0.3 is 0 Å². The molecule has 0 aromatic heterocycles. The van der Waals surface area contributed by atoms with Crippen molar-refractivity contribution >= 4 is 5.78 Å². The van der Waals surface area contributed by atoms with E-state index in [2.05, 4.69) is 6.58 Å². The molecule has 1 saturated carbocycles. The van der Waals surface area contributed by atoms with E-state index in [1.165, 1.54) is 0 Å². The lowest BCUT2D eigenvalue weighted by Gasteiger charge is -2.10. The Kier molecular flexibility index (Phi) is 1.90. The third kappa shape index (κ3) is 0.991. The molecule has 0 saturated heterocycles. The highest BCUT2D eigenvalue weighted by Crippen LogP contribution is 2.29. The number of hydrogen-bond donors (Lipinski definition) is 1. The molecule has 1 aliphatic carbocycles. The van der Waals surface area contributed by atoms with Gasteiger partial charge in [0.05, 0.1) is 6.10 Å². The van der Waals surface area contributed by atoms with E-state index in [-0.39, 0.29) is 17.6 Å². The molecule has 0 aliphatic heterocycles. The van der Waals surface area contributed by atoms with Crippen LogP contribution in [0, 0.1) is 11.8 Å². The molecule has 56 valence electrons. The predicted octanol–water partition coefficient (Wildman–Crippen LogP) is 0.758. The fourth-order valence-electron chi connectivity index (χ4n) is 1.44. The molecular formula is C8H12O2. The number of Topliss-reactive ketones (excluding diaryl/α,β-unsaturated/α-hetero) is 1. The normalized spacial score (nSPS) is 40.2. The topological polar surface area (TPSA) is 37.3 Å². The molecule has 3 atom stereocenters. The molecule has 0 aromatic carbocycles.